The third-order valence-electron chi connectivity index (χ3n) is 4.24. The van der Waals surface area contributed by atoms with E-state index >= 15 is 0 Å². The number of aryl methyl sites for hydroxylation is 1. The quantitative estimate of drug-likeness (QED) is 0.755. The van der Waals surface area contributed by atoms with E-state index in [0.29, 0.717) is 6.04 Å². The van der Waals surface area contributed by atoms with Gasteiger partial charge in [0.15, 0.2) is 0 Å². The van der Waals surface area contributed by atoms with Gasteiger partial charge in [0.1, 0.15) is 0 Å². The van der Waals surface area contributed by atoms with Gasteiger partial charge in [-0.05, 0) is 43.5 Å². The molecular formula is C17H21ClN2. The predicted molar refractivity (Wildman–Crippen MR) is 86.6 cm³/mol. The zero-order valence-electron chi connectivity index (χ0n) is 12.0. The van der Waals surface area contributed by atoms with Crippen molar-refractivity contribution in [3.8, 4) is 0 Å². The molecule has 0 bridgehead atoms. The highest BCUT2D eigenvalue weighted by Gasteiger charge is 2.16. The number of nitrogens with one attached hydrogen (secondary N) is 1. The molecular weight excluding hydrogens is 268 g/mol. The summed E-state index contributed by atoms with van der Waals surface area (Å²) in [6.45, 7) is 2.07. The number of aromatic nitrogens is 1. The Morgan fingerprint density at radius 1 is 1.20 bits per heavy atom. The van der Waals surface area contributed by atoms with Crippen molar-refractivity contribution in [3.63, 3.8) is 0 Å². The summed E-state index contributed by atoms with van der Waals surface area (Å²) in [5.74, 6) is 0. The third kappa shape index (κ3) is 2.76. The molecule has 3 rings (SSSR count). The standard InChI is InChI=1S/C17H21ClN2/c1-12-11-15(18)17(14-9-6-10-19-16(12)14)20-13-7-4-2-3-5-8-13/h6,9-11,13,20H,2-5,7-8H2,1H3. The lowest BCUT2D eigenvalue weighted by Gasteiger charge is -2.20. The number of anilines is 1. The van der Waals surface area contributed by atoms with Crippen LogP contribution in [0.5, 0.6) is 0 Å². The van der Waals surface area contributed by atoms with E-state index < -0.39 is 0 Å². The monoisotopic (exact) mass is 288 g/mol. The molecule has 20 heavy (non-hydrogen) atoms. The van der Waals surface area contributed by atoms with Crippen LogP contribution in [0.15, 0.2) is 24.4 Å². The molecule has 2 aromatic rings. The third-order valence-corrected chi connectivity index (χ3v) is 4.53. The van der Waals surface area contributed by atoms with Gasteiger partial charge in [-0.25, -0.2) is 0 Å². The molecule has 1 aromatic heterocycles. The van der Waals surface area contributed by atoms with E-state index in [1.807, 2.05) is 18.3 Å². The number of hydrogen-bond acceptors (Lipinski definition) is 2. The van der Waals surface area contributed by atoms with Crippen LogP contribution in [-0.2, 0) is 0 Å². The number of halogens is 1. The normalized spacial score (nSPS) is 17.1. The molecule has 1 aliphatic carbocycles. The molecule has 2 nitrogen and oxygen atoms in total. The number of fused-ring (bicyclic) bond motifs is 1. The SMILES string of the molecule is Cc1cc(Cl)c(NC2CCCCCC2)c2cccnc12. The van der Waals surface area contributed by atoms with Gasteiger partial charge in [0.05, 0.1) is 16.2 Å². The fraction of sp³-hybridized carbons (Fsp3) is 0.471. The highest BCUT2D eigenvalue weighted by Crippen LogP contribution is 2.34. The minimum atomic E-state index is 0.543. The van der Waals surface area contributed by atoms with E-state index in [9.17, 15) is 0 Å². The smallest absolute Gasteiger partial charge is 0.0752 e. The van der Waals surface area contributed by atoms with Crippen molar-refractivity contribution >= 4 is 28.2 Å². The first-order valence-electron chi connectivity index (χ1n) is 7.56. The lowest BCUT2D eigenvalue weighted by Crippen LogP contribution is -2.18. The largest absolute Gasteiger partial charge is 0.381 e. The van der Waals surface area contributed by atoms with Gasteiger partial charge in [0.2, 0.25) is 0 Å². The highest BCUT2D eigenvalue weighted by atomic mass is 35.5. The van der Waals surface area contributed by atoms with Crippen molar-refractivity contribution < 1.29 is 0 Å². The van der Waals surface area contributed by atoms with E-state index in [2.05, 4.69) is 23.3 Å². The van der Waals surface area contributed by atoms with Gasteiger partial charge in [0, 0.05) is 17.6 Å². The summed E-state index contributed by atoms with van der Waals surface area (Å²) < 4.78 is 0. The van der Waals surface area contributed by atoms with Crippen molar-refractivity contribution in [1.82, 2.24) is 4.98 Å². The minimum absolute atomic E-state index is 0.543. The van der Waals surface area contributed by atoms with Gasteiger partial charge in [-0.15, -0.1) is 0 Å². The second kappa shape index (κ2) is 6.01. The van der Waals surface area contributed by atoms with Crippen LogP contribution in [0.3, 0.4) is 0 Å². The van der Waals surface area contributed by atoms with Gasteiger partial charge < -0.3 is 5.32 Å². The first-order valence-corrected chi connectivity index (χ1v) is 7.94. The van der Waals surface area contributed by atoms with Crippen LogP contribution in [0.2, 0.25) is 5.02 Å². The number of nitrogens with zero attached hydrogens (tertiary/aromatic N) is 1. The minimum Gasteiger partial charge on any atom is -0.381 e. The van der Waals surface area contributed by atoms with E-state index in [4.69, 9.17) is 11.6 Å². The molecule has 0 saturated heterocycles. The zero-order valence-corrected chi connectivity index (χ0v) is 12.7. The van der Waals surface area contributed by atoms with Crippen LogP contribution in [-0.4, -0.2) is 11.0 Å². The molecule has 0 aliphatic heterocycles. The fourth-order valence-electron chi connectivity index (χ4n) is 3.16. The van der Waals surface area contributed by atoms with Crippen molar-refractivity contribution in [1.29, 1.82) is 0 Å². The van der Waals surface area contributed by atoms with Crippen LogP contribution >= 0.6 is 11.6 Å². The molecule has 1 heterocycles. The molecule has 1 fully saturated rings. The Balaban J connectivity index is 1.97. The van der Waals surface area contributed by atoms with Gasteiger partial charge in [-0.1, -0.05) is 37.3 Å². The van der Waals surface area contributed by atoms with Gasteiger partial charge in [0.25, 0.3) is 0 Å². The van der Waals surface area contributed by atoms with Crippen molar-refractivity contribution in [2.24, 2.45) is 0 Å². The summed E-state index contributed by atoms with van der Waals surface area (Å²) in [7, 11) is 0. The highest BCUT2D eigenvalue weighted by molar-refractivity contribution is 6.35. The topological polar surface area (TPSA) is 24.9 Å². The molecule has 1 aliphatic rings. The van der Waals surface area contributed by atoms with Crippen LogP contribution in [0.1, 0.15) is 44.1 Å². The summed E-state index contributed by atoms with van der Waals surface area (Å²) in [4.78, 5) is 4.50. The zero-order chi connectivity index (χ0) is 13.9. The first kappa shape index (κ1) is 13.7. The number of pyridine rings is 1. The van der Waals surface area contributed by atoms with Gasteiger partial charge in [-0.3, -0.25) is 4.98 Å². The molecule has 0 amide bonds. The maximum atomic E-state index is 6.48. The summed E-state index contributed by atoms with van der Waals surface area (Å²) in [5.41, 5.74) is 3.25. The average Bonchev–Trinajstić information content (AvgIpc) is 2.72. The van der Waals surface area contributed by atoms with E-state index in [1.54, 1.807) is 0 Å². The van der Waals surface area contributed by atoms with E-state index in [-0.39, 0.29) is 0 Å². The Labute approximate surface area is 125 Å². The molecule has 0 radical (unpaired) electrons. The van der Waals surface area contributed by atoms with E-state index in [0.717, 1.165) is 27.2 Å². The Hall–Kier alpha value is -1.28. The van der Waals surface area contributed by atoms with Crippen LogP contribution in [0.25, 0.3) is 10.9 Å². The second-order valence-corrected chi connectivity index (χ2v) is 6.19. The summed E-state index contributed by atoms with van der Waals surface area (Å²) in [6.07, 6.45) is 9.69. The van der Waals surface area contributed by atoms with Crippen LogP contribution < -0.4 is 5.32 Å². The first-order chi connectivity index (χ1) is 9.75. The second-order valence-electron chi connectivity index (χ2n) is 5.78. The molecule has 1 saturated carbocycles. The number of rotatable bonds is 2. The van der Waals surface area contributed by atoms with Crippen LogP contribution in [0, 0.1) is 6.92 Å². The van der Waals surface area contributed by atoms with Gasteiger partial charge >= 0.3 is 0 Å². The number of hydrogen-bond donors (Lipinski definition) is 1. The maximum absolute atomic E-state index is 6.48. The average molecular weight is 289 g/mol. The molecule has 1 N–H and O–H groups in total. The lowest BCUT2D eigenvalue weighted by molar-refractivity contribution is 0.620. The van der Waals surface area contributed by atoms with Gasteiger partial charge in [-0.2, -0.15) is 0 Å². The molecule has 0 unspecified atom stereocenters. The fourth-order valence-corrected chi connectivity index (χ4v) is 3.48. The summed E-state index contributed by atoms with van der Waals surface area (Å²) in [5, 5.41) is 5.64. The van der Waals surface area contributed by atoms with Crippen molar-refractivity contribution in [2.75, 3.05) is 5.32 Å². The Morgan fingerprint density at radius 3 is 2.70 bits per heavy atom. The molecule has 3 heteroatoms. The van der Waals surface area contributed by atoms with E-state index in [1.165, 1.54) is 38.5 Å². The Morgan fingerprint density at radius 2 is 1.95 bits per heavy atom. The maximum Gasteiger partial charge on any atom is 0.0752 e. The molecule has 1 aromatic carbocycles. The molecule has 106 valence electrons. The lowest BCUT2D eigenvalue weighted by atomic mass is 10.1. The number of benzene rings is 1. The Kier molecular flexibility index (Phi) is 4.11. The predicted octanol–water partition coefficient (Wildman–Crippen LogP) is 5.33. The summed E-state index contributed by atoms with van der Waals surface area (Å²) >= 11 is 6.48. The van der Waals surface area contributed by atoms with Crippen LogP contribution in [0.4, 0.5) is 5.69 Å². The van der Waals surface area contributed by atoms with Crippen molar-refractivity contribution in [3.05, 3.63) is 35.0 Å². The molecule has 0 spiro atoms. The van der Waals surface area contributed by atoms with Crippen molar-refractivity contribution in [2.45, 2.75) is 51.5 Å². The summed E-state index contributed by atoms with van der Waals surface area (Å²) in [6, 6.07) is 6.66. The molecule has 0 atom stereocenters. The Bertz CT molecular complexity index is 601.